The van der Waals surface area contributed by atoms with E-state index >= 15 is 0 Å². The molecule has 0 aliphatic carbocycles. The number of nitrogens with two attached hydrogens (primary N) is 1. The van der Waals surface area contributed by atoms with Crippen LogP contribution in [0, 0.1) is 5.82 Å². The minimum atomic E-state index is -0.433. The first-order valence-corrected chi connectivity index (χ1v) is 4.24. The molecule has 0 radical (unpaired) electrons. The third-order valence-electron chi connectivity index (χ3n) is 1.81. The van der Waals surface area contributed by atoms with Crippen LogP contribution in [0.15, 0.2) is 18.2 Å². The van der Waals surface area contributed by atoms with Gasteiger partial charge in [0, 0.05) is 13.7 Å². The quantitative estimate of drug-likeness (QED) is 0.817. The highest BCUT2D eigenvalue weighted by Crippen LogP contribution is 2.21. The molecule has 1 aromatic rings. The Morgan fingerprint density at radius 1 is 1.62 bits per heavy atom. The van der Waals surface area contributed by atoms with Crippen molar-refractivity contribution in [2.24, 2.45) is 5.73 Å². The second-order valence-electron chi connectivity index (χ2n) is 2.63. The van der Waals surface area contributed by atoms with E-state index in [0.29, 0.717) is 6.54 Å². The maximum atomic E-state index is 12.8. The summed E-state index contributed by atoms with van der Waals surface area (Å²) in [6.07, 6.45) is -0.224. The van der Waals surface area contributed by atoms with E-state index in [1.165, 1.54) is 12.1 Å². The lowest BCUT2D eigenvalue weighted by atomic mass is 10.1. The number of methoxy groups -OCH3 is 1. The summed E-state index contributed by atoms with van der Waals surface area (Å²) in [5, 5.41) is 0.0907. The van der Waals surface area contributed by atoms with Crippen LogP contribution in [0.4, 0.5) is 4.39 Å². The lowest BCUT2D eigenvalue weighted by molar-refractivity contribution is 0.110. The highest BCUT2D eigenvalue weighted by Gasteiger charge is 2.09. The normalized spacial score (nSPS) is 12.9. The van der Waals surface area contributed by atoms with Gasteiger partial charge in [0.05, 0.1) is 11.1 Å². The predicted molar refractivity (Wildman–Crippen MR) is 50.2 cm³/mol. The van der Waals surface area contributed by atoms with E-state index in [0.717, 1.165) is 5.56 Å². The summed E-state index contributed by atoms with van der Waals surface area (Å²) in [6.45, 7) is 0.346. The first-order valence-electron chi connectivity index (χ1n) is 3.87. The molecule has 0 amide bonds. The highest BCUT2D eigenvalue weighted by molar-refractivity contribution is 6.30. The third kappa shape index (κ3) is 2.40. The van der Waals surface area contributed by atoms with Crippen LogP contribution in [0.1, 0.15) is 11.7 Å². The van der Waals surface area contributed by atoms with E-state index in [-0.39, 0.29) is 11.1 Å². The van der Waals surface area contributed by atoms with Crippen LogP contribution in [0.5, 0.6) is 0 Å². The van der Waals surface area contributed by atoms with E-state index in [9.17, 15) is 4.39 Å². The number of benzene rings is 1. The summed E-state index contributed by atoms with van der Waals surface area (Å²) in [6, 6.07) is 4.44. The number of ether oxygens (including phenoxy) is 1. The molecule has 0 bridgehead atoms. The summed E-state index contributed by atoms with van der Waals surface area (Å²) >= 11 is 5.60. The van der Waals surface area contributed by atoms with Crippen molar-refractivity contribution >= 4 is 11.6 Å². The second kappa shape index (κ2) is 4.56. The van der Waals surface area contributed by atoms with Gasteiger partial charge in [-0.2, -0.15) is 0 Å². The number of halogens is 2. The van der Waals surface area contributed by atoms with Gasteiger partial charge >= 0.3 is 0 Å². The van der Waals surface area contributed by atoms with E-state index in [1.54, 1.807) is 13.2 Å². The molecule has 0 fully saturated rings. The molecular weight excluding hydrogens is 193 g/mol. The molecule has 0 saturated heterocycles. The molecule has 0 saturated carbocycles. The molecule has 1 unspecified atom stereocenters. The molecule has 0 aliphatic rings. The average molecular weight is 204 g/mol. The summed E-state index contributed by atoms with van der Waals surface area (Å²) in [5.41, 5.74) is 6.23. The van der Waals surface area contributed by atoms with Crippen molar-refractivity contribution in [3.63, 3.8) is 0 Å². The SMILES string of the molecule is COC(CN)c1ccc(F)c(Cl)c1. The topological polar surface area (TPSA) is 35.2 Å². The largest absolute Gasteiger partial charge is 0.375 e. The van der Waals surface area contributed by atoms with E-state index in [2.05, 4.69) is 0 Å². The zero-order valence-corrected chi connectivity index (χ0v) is 8.01. The summed E-state index contributed by atoms with van der Waals surface area (Å²) in [5.74, 6) is -0.433. The van der Waals surface area contributed by atoms with Crippen molar-refractivity contribution in [3.05, 3.63) is 34.6 Å². The van der Waals surface area contributed by atoms with Gasteiger partial charge in [0.15, 0.2) is 0 Å². The van der Waals surface area contributed by atoms with Crippen LogP contribution in [-0.2, 0) is 4.74 Å². The fraction of sp³-hybridized carbons (Fsp3) is 0.333. The van der Waals surface area contributed by atoms with E-state index in [1.807, 2.05) is 0 Å². The molecule has 1 atom stereocenters. The van der Waals surface area contributed by atoms with Gasteiger partial charge < -0.3 is 10.5 Å². The maximum Gasteiger partial charge on any atom is 0.141 e. The standard InChI is InChI=1S/C9H11ClFNO/c1-13-9(5-12)6-2-3-8(11)7(10)4-6/h2-4,9H,5,12H2,1H3. The molecule has 0 heterocycles. The Labute approximate surface area is 81.4 Å². The van der Waals surface area contributed by atoms with E-state index in [4.69, 9.17) is 22.1 Å². The Hall–Kier alpha value is -0.640. The lowest BCUT2D eigenvalue weighted by Gasteiger charge is -2.13. The lowest BCUT2D eigenvalue weighted by Crippen LogP contribution is -2.14. The zero-order valence-electron chi connectivity index (χ0n) is 7.26. The first-order chi connectivity index (χ1) is 6.19. The highest BCUT2D eigenvalue weighted by atomic mass is 35.5. The minimum Gasteiger partial charge on any atom is -0.375 e. The van der Waals surface area contributed by atoms with Crippen molar-refractivity contribution in [1.29, 1.82) is 0 Å². The van der Waals surface area contributed by atoms with Gasteiger partial charge in [0.1, 0.15) is 5.82 Å². The van der Waals surface area contributed by atoms with Gasteiger partial charge in [-0.05, 0) is 17.7 Å². The minimum absolute atomic E-state index is 0.0907. The predicted octanol–water partition coefficient (Wildman–Crippen LogP) is 2.13. The molecule has 2 N–H and O–H groups in total. The third-order valence-corrected chi connectivity index (χ3v) is 2.10. The molecular formula is C9H11ClFNO. The van der Waals surface area contributed by atoms with Gasteiger partial charge in [0.2, 0.25) is 0 Å². The Morgan fingerprint density at radius 2 is 2.31 bits per heavy atom. The van der Waals surface area contributed by atoms with E-state index < -0.39 is 5.82 Å². The molecule has 1 aromatic carbocycles. The molecule has 72 valence electrons. The molecule has 0 spiro atoms. The summed E-state index contributed by atoms with van der Waals surface area (Å²) in [7, 11) is 1.55. The van der Waals surface area contributed by atoms with Crippen LogP contribution in [-0.4, -0.2) is 13.7 Å². The first kappa shape index (κ1) is 10.4. The zero-order chi connectivity index (χ0) is 9.84. The Balaban J connectivity index is 2.95. The average Bonchev–Trinajstić information content (AvgIpc) is 2.13. The van der Waals surface area contributed by atoms with Crippen LogP contribution in [0.25, 0.3) is 0 Å². The Bertz CT molecular complexity index is 289. The van der Waals surface area contributed by atoms with Gasteiger partial charge in [-0.15, -0.1) is 0 Å². The van der Waals surface area contributed by atoms with Crippen molar-refractivity contribution in [2.75, 3.05) is 13.7 Å². The number of hydrogen-bond donors (Lipinski definition) is 1. The number of hydrogen-bond acceptors (Lipinski definition) is 2. The monoisotopic (exact) mass is 203 g/mol. The molecule has 0 aliphatic heterocycles. The van der Waals surface area contributed by atoms with Gasteiger partial charge in [-0.3, -0.25) is 0 Å². The smallest absolute Gasteiger partial charge is 0.141 e. The summed E-state index contributed by atoms with van der Waals surface area (Å²) < 4.78 is 17.8. The molecule has 2 nitrogen and oxygen atoms in total. The molecule has 4 heteroatoms. The van der Waals surface area contributed by atoms with Gasteiger partial charge in [-0.25, -0.2) is 4.39 Å². The molecule has 0 aromatic heterocycles. The van der Waals surface area contributed by atoms with Crippen molar-refractivity contribution in [2.45, 2.75) is 6.10 Å². The van der Waals surface area contributed by atoms with Gasteiger partial charge in [0.25, 0.3) is 0 Å². The van der Waals surface area contributed by atoms with Crippen molar-refractivity contribution in [3.8, 4) is 0 Å². The second-order valence-corrected chi connectivity index (χ2v) is 3.04. The Kier molecular flexibility index (Phi) is 3.66. The van der Waals surface area contributed by atoms with Crippen LogP contribution < -0.4 is 5.73 Å². The number of rotatable bonds is 3. The Morgan fingerprint density at radius 3 is 2.77 bits per heavy atom. The molecule has 13 heavy (non-hydrogen) atoms. The maximum absolute atomic E-state index is 12.8. The van der Waals surface area contributed by atoms with Crippen LogP contribution in [0.2, 0.25) is 5.02 Å². The molecule has 1 rings (SSSR count). The fourth-order valence-electron chi connectivity index (χ4n) is 1.08. The summed E-state index contributed by atoms with van der Waals surface area (Å²) in [4.78, 5) is 0. The van der Waals surface area contributed by atoms with Crippen molar-refractivity contribution < 1.29 is 9.13 Å². The van der Waals surface area contributed by atoms with Gasteiger partial charge in [-0.1, -0.05) is 17.7 Å². The van der Waals surface area contributed by atoms with Crippen molar-refractivity contribution in [1.82, 2.24) is 0 Å². The van der Waals surface area contributed by atoms with Crippen LogP contribution in [0.3, 0.4) is 0 Å². The fourth-order valence-corrected chi connectivity index (χ4v) is 1.27. The van der Waals surface area contributed by atoms with Crippen LogP contribution >= 0.6 is 11.6 Å².